The fourth-order valence-electron chi connectivity index (χ4n) is 2.40. The van der Waals surface area contributed by atoms with Gasteiger partial charge < -0.3 is 10.6 Å². The summed E-state index contributed by atoms with van der Waals surface area (Å²) in [6, 6.07) is 7.57. The molecular formula is C15H21ClN2O. The van der Waals surface area contributed by atoms with Crippen LogP contribution in [0, 0.1) is 0 Å². The molecule has 3 nitrogen and oxygen atoms in total. The van der Waals surface area contributed by atoms with Crippen molar-refractivity contribution in [2.45, 2.75) is 44.7 Å². The van der Waals surface area contributed by atoms with Crippen LogP contribution in [0.1, 0.15) is 44.2 Å². The fourth-order valence-corrected chi connectivity index (χ4v) is 2.53. The quantitative estimate of drug-likeness (QED) is 0.893. The van der Waals surface area contributed by atoms with Gasteiger partial charge in [0, 0.05) is 5.02 Å². The van der Waals surface area contributed by atoms with E-state index in [1.807, 2.05) is 31.2 Å². The minimum absolute atomic E-state index is 0.00909. The van der Waals surface area contributed by atoms with Gasteiger partial charge in [0.05, 0.1) is 12.1 Å². The Bertz CT molecular complexity index is 411. The molecule has 19 heavy (non-hydrogen) atoms. The van der Waals surface area contributed by atoms with E-state index in [9.17, 15) is 4.79 Å². The maximum absolute atomic E-state index is 12.2. The van der Waals surface area contributed by atoms with Crippen molar-refractivity contribution in [3.63, 3.8) is 0 Å². The molecule has 1 unspecified atom stereocenters. The number of benzene rings is 1. The predicted octanol–water partition coefficient (Wildman–Crippen LogP) is 3.05. The highest BCUT2D eigenvalue weighted by Crippen LogP contribution is 2.17. The molecule has 1 fully saturated rings. The molecule has 0 radical (unpaired) electrons. The van der Waals surface area contributed by atoms with Crippen LogP contribution in [0.2, 0.25) is 5.02 Å². The number of carbonyl (C=O) groups is 1. The molecule has 2 N–H and O–H groups in total. The summed E-state index contributed by atoms with van der Waals surface area (Å²) in [4.78, 5) is 12.2. The van der Waals surface area contributed by atoms with Crippen LogP contribution in [-0.2, 0) is 4.79 Å². The smallest absolute Gasteiger partial charge is 0.237 e. The zero-order valence-corrected chi connectivity index (χ0v) is 12.0. The van der Waals surface area contributed by atoms with E-state index < -0.39 is 0 Å². The van der Waals surface area contributed by atoms with Gasteiger partial charge in [-0.05, 0) is 44.0 Å². The van der Waals surface area contributed by atoms with Crippen molar-refractivity contribution in [2.75, 3.05) is 6.54 Å². The normalized spacial score (nSPS) is 21.5. The number of hydrogen-bond acceptors (Lipinski definition) is 2. The van der Waals surface area contributed by atoms with Crippen molar-refractivity contribution in [2.24, 2.45) is 0 Å². The molecule has 1 aliphatic heterocycles. The Morgan fingerprint density at radius 3 is 2.79 bits per heavy atom. The van der Waals surface area contributed by atoms with Crippen LogP contribution in [0.5, 0.6) is 0 Å². The first-order chi connectivity index (χ1) is 9.16. The molecule has 1 heterocycles. The zero-order chi connectivity index (χ0) is 13.7. The lowest BCUT2D eigenvalue weighted by atomic mass is 10.1. The van der Waals surface area contributed by atoms with Gasteiger partial charge in [-0.25, -0.2) is 0 Å². The van der Waals surface area contributed by atoms with E-state index >= 15 is 0 Å². The topological polar surface area (TPSA) is 41.1 Å². The van der Waals surface area contributed by atoms with E-state index in [2.05, 4.69) is 10.6 Å². The third-order valence-electron chi connectivity index (χ3n) is 3.61. The van der Waals surface area contributed by atoms with Crippen molar-refractivity contribution in [3.8, 4) is 0 Å². The summed E-state index contributed by atoms with van der Waals surface area (Å²) >= 11 is 5.86. The highest BCUT2D eigenvalue weighted by atomic mass is 35.5. The lowest BCUT2D eigenvalue weighted by molar-refractivity contribution is -0.123. The molecule has 4 heteroatoms. The number of carbonyl (C=O) groups excluding carboxylic acids is 1. The van der Waals surface area contributed by atoms with Crippen molar-refractivity contribution in [1.82, 2.24) is 10.6 Å². The van der Waals surface area contributed by atoms with E-state index in [0.717, 1.165) is 31.4 Å². The van der Waals surface area contributed by atoms with Crippen LogP contribution < -0.4 is 10.6 Å². The molecule has 2 atom stereocenters. The van der Waals surface area contributed by atoms with Gasteiger partial charge in [-0.15, -0.1) is 0 Å². The Balaban J connectivity index is 1.92. The van der Waals surface area contributed by atoms with Gasteiger partial charge in [0.2, 0.25) is 5.91 Å². The Morgan fingerprint density at radius 2 is 2.05 bits per heavy atom. The zero-order valence-electron chi connectivity index (χ0n) is 11.3. The third kappa shape index (κ3) is 4.22. The third-order valence-corrected chi connectivity index (χ3v) is 3.86. The second-order valence-corrected chi connectivity index (χ2v) is 5.57. The van der Waals surface area contributed by atoms with E-state index in [1.54, 1.807) is 0 Å². The van der Waals surface area contributed by atoms with Gasteiger partial charge in [-0.2, -0.15) is 0 Å². The van der Waals surface area contributed by atoms with Crippen LogP contribution in [0.3, 0.4) is 0 Å². The average Bonchev–Trinajstić information content (AvgIpc) is 2.68. The van der Waals surface area contributed by atoms with Crippen LogP contribution in [0.25, 0.3) is 0 Å². The van der Waals surface area contributed by atoms with Crippen LogP contribution >= 0.6 is 11.6 Å². The fraction of sp³-hybridized carbons (Fsp3) is 0.533. The summed E-state index contributed by atoms with van der Waals surface area (Å²) in [7, 11) is 0. The molecule has 0 saturated carbocycles. The first-order valence-corrected chi connectivity index (χ1v) is 7.34. The van der Waals surface area contributed by atoms with Crippen molar-refractivity contribution in [3.05, 3.63) is 34.9 Å². The second-order valence-electron chi connectivity index (χ2n) is 5.14. The Hall–Kier alpha value is -1.06. The molecule has 0 aromatic heterocycles. The van der Waals surface area contributed by atoms with E-state index in [1.165, 1.54) is 6.42 Å². The Morgan fingerprint density at radius 1 is 1.32 bits per heavy atom. The summed E-state index contributed by atoms with van der Waals surface area (Å²) in [5.74, 6) is 0.101. The highest BCUT2D eigenvalue weighted by molar-refractivity contribution is 6.30. The van der Waals surface area contributed by atoms with Crippen molar-refractivity contribution >= 4 is 17.5 Å². The van der Waals surface area contributed by atoms with Crippen LogP contribution in [0.4, 0.5) is 0 Å². The van der Waals surface area contributed by atoms with Gasteiger partial charge in [0.15, 0.2) is 0 Å². The molecule has 0 spiro atoms. The largest absolute Gasteiger partial charge is 0.348 e. The summed E-state index contributed by atoms with van der Waals surface area (Å²) < 4.78 is 0. The molecule has 1 aromatic rings. The van der Waals surface area contributed by atoms with Gasteiger partial charge in [-0.3, -0.25) is 4.79 Å². The maximum Gasteiger partial charge on any atom is 0.237 e. The molecule has 104 valence electrons. The standard InChI is InChI=1S/C15H21ClN2O/c1-11(12-6-8-13(16)9-7-12)18-15(19)14-5-3-2-4-10-17-14/h6-9,11,14,17H,2-5,10H2,1H3,(H,18,19)/t11-,14?/m1/s1. The maximum atomic E-state index is 12.2. The minimum Gasteiger partial charge on any atom is -0.348 e. The average molecular weight is 281 g/mol. The van der Waals surface area contributed by atoms with E-state index in [-0.39, 0.29) is 18.0 Å². The lowest BCUT2D eigenvalue weighted by Crippen LogP contribution is -2.44. The SMILES string of the molecule is C[C@@H](NC(=O)C1CCCCCN1)c1ccc(Cl)cc1. The van der Waals surface area contributed by atoms with Gasteiger partial charge >= 0.3 is 0 Å². The predicted molar refractivity (Wildman–Crippen MR) is 78.3 cm³/mol. The monoisotopic (exact) mass is 280 g/mol. The first-order valence-electron chi connectivity index (χ1n) is 6.96. The summed E-state index contributed by atoms with van der Waals surface area (Å²) in [5.41, 5.74) is 1.08. The van der Waals surface area contributed by atoms with E-state index in [0.29, 0.717) is 5.02 Å². The number of hydrogen-bond donors (Lipinski definition) is 2. The van der Waals surface area contributed by atoms with Crippen molar-refractivity contribution < 1.29 is 4.79 Å². The Labute approximate surface area is 119 Å². The number of nitrogens with one attached hydrogen (secondary N) is 2. The van der Waals surface area contributed by atoms with Gasteiger partial charge in [0.1, 0.15) is 0 Å². The van der Waals surface area contributed by atoms with Gasteiger partial charge in [0.25, 0.3) is 0 Å². The van der Waals surface area contributed by atoms with Crippen molar-refractivity contribution in [1.29, 1.82) is 0 Å². The second kappa shape index (κ2) is 6.92. The summed E-state index contributed by atoms with van der Waals surface area (Å²) in [5, 5.41) is 7.10. The molecular weight excluding hydrogens is 260 g/mol. The van der Waals surface area contributed by atoms with Crippen LogP contribution in [0.15, 0.2) is 24.3 Å². The first kappa shape index (κ1) is 14.4. The minimum atomic E-state index is -0.0442. The number of rotatable bonds is 3. The van der Waals surface area contributed by atoms with Gasteiger partial charge in [-0.1, -0.05) is 36.6 Å². The molecule has 2 rings (SSSR count). The molecule has 0 bridgehead atoms. The summed E-state index contributed by atoms with van der Waals surface area (Å²) in [6.45, 7) is 2.94. The number of halogens is 1. The molecule has 1 saturated heterocycles. The van der Waals surface area contributed by atoms with Crippen LogP contribution in [-0.4, -0.2) is 18.5 Å². The molecule has 0 aliphatic carbocycles. The Kier molecular flexibility index (Phi) is 5.23. The molecule has 1 aromatic carbocycles. The molecule has 1 aliphatic rings. The number of amides is 1. The van der Waals surface area contributed by atoms with E-state index in [4.69, 9.17) is 11.6 Å². The molecule has 1 amide bonds. The summed E-state index contributed by atoms with van der Waals surface area (Å²) in [6.07, 6.45) is 4.43. The highest BCUT2D eigenvalue weighted by Gasteiger charge is 2.21. The lowest BCUT2D eigenvalue weighted by Gasteiger charge is -2.20.